The minimum Gasteiger partial charge on any atom is -0.383 e. The molecule has 0 saturated heterocycles. The summed E-state index contributed by atoms with van der Waals surface area (Å²) in [5.74, 6) is 0.203. The van der Waals surface area contributed by atoms with Crippen LogP contribution >= 0.6 is 0 Å². The molecule has 3 nitrogen and oxygen atoms in total. The third kappa shape index (κ3) is 3.65. The van der Waals surface area contributed by atoms with Crippen molar-refractivity contribution >= 4 is 0 Å². The molecule has 0 aliphatic heterocycles. The van der Waals surface area contributed by atoms with Crippen molar-refractivity contribution in [3.63, 3.8) is 0 Å². The highest BCUT2D eigenvalue weighted by Gasteiger charge is 2.22. The molecule has 0 aromatic heterocycles. The van der Waals surface area contributed by atoms with Crippen molar-refractivity contribution in [2.24, 2.45) is 5.92 Å². The molecule has 0 spiro atoms. The average molecular weight is 196 g/mol. The molecular weight excluding hydrogens is 176 g/mol. The lowest BCUT2D eigenvalue weighted by atomic mass is 9.96. The van der Waals surface area contributed by atoms with Gasteiger partial charge in [-0.25, -0.2) is 0 Å². The van der Waals surface area contributed by atoms with E-state index in [1.807, 2.05) is 0 Å². The Labute approximate surface area is 86.4 Å². The van der Waals surface area contributed by atoms with Crippen LogP contribution in [-0.2, 0) is 4.74 Å². The van der Waals surface area contributed by atoms with E-state index in [0.717, 1.165) is 26.0 Å². The Balaban J connectivity index is 2.33. The molecule has 1 N–H and O–H groups in total. The highest BCUT2D eigenvalue weighted by atomic mass is 16.5. The number of nitriles is 1. The smallest absolute Gasteiger partial charge is 0.0672 e. The summed E-state index contributed by atoms with van der Waals surface area (Å²) in [6.45, 7) is 1.59. The van der Waals surface area contributed by atoms with Crippen LogP contribution < -0.4 is 5.32 Å². The van der Waals surface area contributed by atoms with Crippen LogP contribution in [0.3, 0.4) is 0 Å². The van der Waals surface area contributed by atoms with Gasteiger partial charge in [0.1, 0.15) is 0 Å². The summed E-state index contributed by atoms with van der Waals surface area (Å²) >= 11 is 0. The largest absolute Gasteiger partial charge is 0.383 e. The maximum atomic E-state index is 9.02. The van der Waals surface area contributed by atoms with Gasteiger partial charge < -0.3 is 10.1 Å². The van der Waals surface area contributed by atoms with E-state index in [9.17, 15) is 0 Å². The minimum atomic E-state index is 0.203. The summed E-state index contributed by atoms with van der Waals surface area (Å²) in [6, 6.07) is 2.80. The van der Waals surface area contributed by atoms with Crippen LogP contribution in [0, 0.1) is 17.2 Å². The Kier molecular flexibility index (Phi) is 5.58. The van der Waals surface area contributed by atoms with E-state index in [1.165, 1.54) is 19.3 Å². The molecule has 0 radical (unpaired) electrons. The monoisotopic (exact) mass is 196 g/mol. The molecule has 2 unspecified atom stereocenters. The van der Waals surface area contributed by atoms with Gasteiger partial charge in [0.05, 0.1) is 18.6 Å². The first-order chi connectivity index (χ1) is 6.88. The Bertz CT molecular complexity index is 188. The van der Waals surface area contributed by atoms with Gasteiger partial charge in [0.2, 0.25) is 0 Å². The van der Waals surface area contributed by atoms with Crippen LogP contribution in [0.4, 0.5) is 0 Å². The Morgan fingerprint density at radius 3 is 2.86 bits per heavy atom. The lowest BCUT2D eigenvalue weighted by molar-refractivity contribution is 0.192. The fourth-order valence-electron chi connectivity index (χ4n) is 2.05. The van der Waals surface area contributed by atoms with Crippen LogP contribution in [0.1, 0.15) is 32.1 Å². The highest BCUT2D eigenvalue weighted by molar-refractivity contribution is 4.93. The Morgan fingerprint density at radius 2 is 2.14 bits per heavy atom. The third-order valence-corrected chi connectivity index (χ3v) is 2.89. The zero-order valence-corrected chi connectivity index (χ0v) is 8.96. The van der Waals surface area contributed by atoms with E-state index in [1.54, 1.807) is 7.11 Å². The van der Waals surface area contributed by atoms with Crippen molar-refractivity contribution in [2.45, 2.75) is 38.1 Å². The molecule has 0 aromatic rings. The SMILES string of the molecule is COCCNC1CCCCCC1C#N. The molecule has 14 heavy (non-hydrogen) atoms. The summed E-state index contributed by atoms with van der Waals surface area (Å²) < 4.78 is 4.99. The molecule has 1 aliphatic rings. The minimum absolute atomic E-state index is 0.203. The molecule has 1 fully saturated rings. The summed E-state index contributed by atoms with van der Waals surface area (Å²) in [7, 11) is 1.70. The maximum absolute atomic E-state index is 9.02. The second-order valence-corrected chi connectivity index (χ2v) is 3.93. The molecule has 1 aliphatic carbocycles. The standard InChI is InChI=1S/C11H20N2O/c1-14-8-7-13-11-6-4-2-3-5-10(11)9-12/h10-11,13H,2-8H2,1H3. The summed E-state index contributed by atoms with van der Waals surface area (Å²) in [5.41, 5.74) is 0. The van der Waals surface area contributed by atoms with E-state index >= 15 is 0 Å². The van der Waals surface area contributed by atoms with Gasteiger partial charge in [-0.05, 0) is 12.8 Å². The van der Waals surface area contributed by atoms with E-state index in [-0.39, 0.29) is 5.92 Å². The number of nitrogens with zero attached hydrogens (tertiary/aromatic N) is 1. The quantitative estimate of drug-likeness (QED) is 0.550. The van der Waals surface area contributed by atoms with Gasteiger partial charge in [0.15, 0.2) is 0 Å². The predicted octanol–water partition coefficient (Wildman–Crippen LogP) is 1.69. The molecule has 0 heterocycles. The van der Waals surface area contributed by atoms with Crippen molar-refractivity contribution in [3.8, 4) is 6.07 Å². The molecule has 0 amide bonds. The predicted molar refractivity (Wildman–Crippen MR) is 55.9 cm³/mol. The fraction of sp³-hybridized carbons (Fsp3) is 0.909. The Morgan fingerprint density at radius 1 is 1.36 bits per heavy atom. The van der Waals surface area contributed by atoms with E-state index in [4.69, 9.17) is 10.00 Å². The van der Waals surface area contributed by atoms with Crippen LogP contribution in [0.5, 0.6) is 0 Å². The van der Waals surface area contributed by atoms with Crippen molar-refractivity contribution in [3.05, 3.63) is 0 Å². The zero-order valence-electron chi connectivity index (χ0n) is 8.96. The molecule has 1 rings (SSSR count). The second kappa shape index (κ2) is 6.80. The number of hydrogen-bond acceptors (Lipinski definition) is 3. The topological polar surface area (TPSA) is 45.0 Å². The van der Waals surface area contributed by atoms with Gasteiger partial charge in [-0.1, -0.05) is 19.3 Å². The second-order valence-electron chi connectivity index (χ2n) is 3.93. The third-order valence-electron chi connectivity index (χ3n) is 2.89. The lowest BCUT2D eigenvalue weighted by Gasteiger charge is -2.20. The average Bonchev–Trinajstić information content (AvgIpc) is 2.43. The first-order valence-electron chi connectivity index (χ1n) is 5.50. The summed E-state index contributed by atoms with van der Waals surface area (Å²) in [4.78, 5) is 0. The number of methoxy groups -OCH3 is 1. The molecule has 80 valence electrons. The van der Waals surface area contributed by atoms with Crippen molar-refractivity contribution in [2.75, 3.05) is 20.3 Å². The van der Waals surface area contributed by atoms with Crippen molar-refractivity contribution < 1.29 is 4.74 Å². The van der Waals surface area contributed by atoms with Gasteiger partial charge in [-0.2, -0.15) is 5.26 Å². The fourth-order valence-corrected chi connectivity index (χ4v) is 2.05. The lowest BCUT2D eigenvalue weighted by Crippen LogP contribution is -2.36. The van der Waals surface area contributed by atoms with Crippen LogP contribution in [0.15, 0.2) is 0 Å². The highest BCUT2D eigenvalue weighted by Crippen LogP contribution is 2.22. The number of hydrogen-bond donors (Lipinski definition) is 1. The number of nitrogens with one attached hydrogen (secondary N) is 1. The van der Waals surface area contributed by atoms with E-state index < -0.39 is 0 Å². The maximum Gasteiger partial charge on any atom is 0.0672 e. The molecule has 0 aromatic carbocycles. The van der Waals surface area contributed by atoms with Gasteiger partial charge in [0, 0.05) is 19.7 Å². The number of ether oxygens (including phenoxy) is 1. The molecule has 2 atom stereocenters. The normalized spacial score (nSPS) is 28.0. The van der Waals surface area contributed by atoms with E-state index in [0.29, 0.717) is 6.04 Å². The summed E-state index contributed by atoms with van der Waals surface area (Å²) in [6.07, 6.45) is 5.94. The van der Waals surface area contributed by atoms with Crippen LogP contribution in [0.2, 0.25) is 0 Å². The van der Waals surface area contributed by atoms with Crippen molar-refractivity contribution in [1.29, 1.82) is 5.26 Å². The van der Waals surface area contributed by atoms with E-state index in [2.05, 4.69) is 11.4 Å². The molecule has 1 saturated carbocycles. The van der Waals surface area contributed by atoms with Gasteiger partial charge in [0.25, 0.3) is 0 Å². The number of rotatable bonds is 4. The van der Waals surface area contributed by atoms with Crippen LogP contribution in [0.25, 0.3) is 0 Å². The van der Waals surface area contributed by atoms with Gasteiger partial charge in [-0.3, -0.25) is 0 Å². The zero-order chi connectivity index (χ0) is 10.2. The van der Waals surface area contributed by atoms with Gasteiger partial charge in [-0.15, -0.1) is 0 Å². The first kappa shape index (κ1) is 11.5. The summed E-state index contributed by atoms with van der Waals surface area (Å²) in [5, 5.41) is 12.4. The first-order valence-corrected chi connectivity index (χ1v) is 5.50. The Hall–Kier alpha value is -0.590. The molecule has 0 bridgehead atoms. The van der Waals surface area contributed by atoms with Gasteiger partial charge >= 0.3 is 0 Å². The molecular formula is C11H20N2O. The van der Waals surface area contributed by atoms with Crippen molar-refractivity contribution in [1.82, 2.24) is 5.32 Å². The molecule has 3 heteroatoms. The van der Waals surface area contributed by atoms with Crippen LogP contribution in [-0.4, -0.2) is 26.3 Å².